The molecule has 2 saturated carbocycles. The minimum absolute atomic E-state index is 0.168. The smallest absolute Gasteiger partial charge is 0.406 e. The van der Waals surface area contributed by atoms with Crippen molar-refractivity contribution in [1.29, 1.82) is 0 Å². The molecule has 2 aromatic carbocycles. The molecule has 39 heavy (non-hydrogen) atoms. The highest BCUT2D eigenvalue weighted by Gasteiger charge is 2.35. The quantitative estimate of drug-likeness (QED) is 0.318. The fourth-order valence-electron chi connectivity index (χ4n) is 6.21. The Kier molecular flexibility index (Phi) is 7.29. The first-order valence-electron chi connectivity index (χ1n) is 13.8. The summed E-state index contributed by atoms with van der Waals surface area (Å²) in [4.78, 5) is 19.4. The average Bonchev–Trinajstić information content (AvgIpc) is 3.62. The standard InChI is InChI=1S/C30H37F3N4O2/c1-19-15-23(18-29(2,3)17-19)37-26-13-5-20(6-14-27(38)36(4)22-9-10-22)16-25(26)35-28(37)34-21-7-11-24(12-8-21)39-30(31,32)33/h5,7-8,11-13,16,19,22-23H,6,9-10,14-15,17-18H2,1-4H3,(H,34,35)/t19-,23?/m1/s1. The van der Waals surface area contributed by atoms with E-state index in [1.165, 1.54) is 12.1 Å². The fraction of sp³-hybridized carbons (Fsp3) is 0.533. The molecular weight excluding hydrogens is 505 g/mol. The van der Waals surface area contributed by atoms with Crippen LogP contribution in [0.3, 0.4) is 0 Å². The summed E-state index contributed by atoms with van der Waals surface area (Å²) in [5.74, 6) is 1.11. The van der Waals surface area contributed by atoms with Crippen molar-refractivity contribution in [3.05, 3.63) is 48.0 Å². The number of amides is 1. The number of rotatable bonds is 8. The normalized spacial score (nSPS) is 21.1. The minimum Gasteiger partial charge on any atom is -0.406 e. The van der Waals surface area contributed by atoms with E-state index in [1.54, 1.807) is 12.1 Å². The van der Waals surface area contributed by atoms with Gasteiger partial charge < -0.3 is 19.5 Å². The van der Waals surface area contributed by atoms with Crippen LogP contribution in [0.25, 0.3) is 11.0 Å². The highest BCUT2D eigenvalue weighted by molar-refractivity contribution is 5.81. The van der Waals surface area contributed by atoms with Crippen molar-refractivity contribution in [2.24, 2.45) is 11.3 Å². The second kappa shape index (κ2) is 10.4. The van der Waals surface area contributed by atoms with Crippen LogP contribution in [0.5, 0.6) is 5.75 Å². The fourth-order valence-corrected chi connectivity index (χ4v) is 6.21. The van der Waals surface area contributed by atoms with E-state index in [1.807, 2.05) is 11.9 Å². The van der Waals surface area contributed by atoms with Gasteiger partial charge in [0.05, 0.1) is 11.0 Å². The SMILES string of the molecule is C[C@@H]1CC(n2c(Nc3ccc(OC(F)(F)F)cc3)nc3cc(CCC(=O)N(C)C4CC4)ccc32)CC(C)(C)C1. The van der Waals surface area contributed by atoms with Crippen LogP contribution in [-0.2, 0) is 11.2 Å². The van der Waals surface area contributed by atoms with Gasteiger partial charge in [-0.1, -0.05) is 26.8 Å². The number of halogens is 3. The number of aryl methyl sites for hydroxylation is 1. The van der Waals surface area contributed by atoms with Gasteiger partial charge in [-0.3, -0.25) is 4.79 Å². The molecule has 1 N–H and O–H groups in total. The number of carbonyl (C=O) groups excluding carboxylic acids is 1. The molecule has 2 aliphatic carbocycles. The van der Waals surface area contributed by atoms with Crippen LogP contribution >= 0.6 is 0 Å². The maximum atomic E-state index is 12.6. The zero-order valence-electron chi connectivity index (χ0n) is 23.0. The third kappa shape index (κ3) is 6.68. The number of benzene rings is 2. The van der Waals surface area contributed by atoms with Crippen molar-refractivity contribution in [2.45, 2.75) is 84.2 Å². The van der Waals surface area contributed by atoms with E-state index in [-0.39, 0.29) is 23.1 Å². The first-order valence-corrected chi connectivity index (χ1v) is 13.8. The lowest BCUT2D eigenvalue weighted by atomic mass is 9.70. The van der Waals surface area contributed by atoms with E-state index in [0.717, 1.165) is 48.7 Å². The van der Waals surface area contributed by atoms with Crippen molar-refractivity contribution in [2.75, 3.05) is 12.4 Å². The van der Waals surface area contributed by atoms with Crippen LogP contribution in [0.15, 0.2) is 42.5 Å². The Morgan fingerprint density at radius 3 is 2.51 bits per heavy atom. The topological polar surface area (TPSA) is 59.4 Å². The first kappa shape index (κ1) is 27.3. The second-order valence-electron chi connectivity index (χ2n) is 12.1. The van der Waals surface area contributed by atoms with Gasteiger partial charge >= 0.3 is 6.36 Å². The van der Waals surface area contributed by atoms with E-state index in [4.69, 9.17) is 4.98 Å². The van der Waals surface area contributed by atoms with Crippen LogP contribution < -0.4 is 10.1 Å². The molecule has 3 aromatic rings. The number of hydrogen-bond acceptors (Lipinski definition) is 4. The van der Waals surface area contributed by atoms with Crippen molar-refractivity contribution < 1.29 is 22.7 Å². The summed E-state index contributed by atoms with van der Waals surface area (Å²) in [6.45, 7) is 6.89. The number of hydrogen-bond donors (Lipinski definition) is 1. The molecule has 1 unspecified atom stereocenters. The van der Waals surface area contributed by atoms with Crippen LogP contribution in [0.2, 0.25) is 0 Å². The predicted molar refractivity (Wildman–Crippen MR) is 146 cm³/mol. The molecule has 9 heteroatoms. The van der Waals surface area contributed by atoms with Crippen LogP contribution in [0, 0.1) is 11.3 Å². The number of aromatic nitrogens is 2. The van der Waals surface area contributed by atoms with E-state index in [9.17, 15) is 18.0 Å². The summed E-state index contributed by atoms with van der Waals surface area (Å²) in [7, 11) is 1.89. The van der Waals surface area contributed by atoms with Crippen LogP contribution in [0.4, 0.5) is 24.8 Å². The molecule has 2 fully saturated rings. The molecule has 1 aromatic heterocycles. The highest BCUT2D eigenvalue weighted by atomic mass is 19.4. The number of imidazole rings is 1. The molecular formula is C30H37F3N4O2. The largest absolute Gasteiger partial charge is 0.573 e. The molecule has 0 aliphatic heterocycles. The van der Waals surface area contributed by atoms with Gasteiger partial charge in [0.1, 0.15) is 5.75 Å². The van der Waals surface area contributed by atoms with E-state index in [0.29, 0.717) is 36.4 Å². The Morgan fingerprint density at radius 2 is 1.87 bits per heavy atom. The first-order chi connectivity index (χ1) is 18.4. The minimum atomic E-state index is -4.73. The number of anilines is 2. The zero-order valence-corrected chi connectivity index (χ0v) is 23.0. The van der Waals surface area contributed by atoms with Crippen LogP contribution in [-0.4, -0.2) is 39.8 Å². The maximum absolute atomic E-state index is 12.6. The number of nitrogens with zero attached hydrogens (tertiary/aromatic N) is 3. The lowest BCUT2D eigenvalue weighted by molar-refractivity contribution is -0.274. The summed E-state index contributed by atoms with van der Waals surface area (Å²) in [5.41, 5.74) is 3.71. The number of fused-ring (bicyclic) bond motifs is 1. The molecule has 5 rings (SSSR count). The highest BCUT2D eigenvalue weighted by Crippen LogP contribution is 2.46. The monoisotopic (exact) mass is 542 g/mol. The molecule has 0 radical (unpaired) electrons. The lowest BCUT2D eigenvalue weighted by Gasteiger charge is -2.40. The van der Waals surface area contributed by atoms with Crippen molar-refractivity contribution in [3.8, 4) is 5.75 Å². The van der Waals surface area contributed by atoms with Gasteiger partial charge in [-0.2, -0.15) is 0 Å². The molecule has 1 amide bonds. The molecule has 0 bridgehead atoms. The zero-order chi connectivity index (χ0) is 27.9. The summed E-state index contributed by atoms with van der Waals surface area (Å²) in [6, 6.07) is 12.6. The number of carbonyl (C=O) groups is 1. The average molecular weight is 543 g/mol. The third-order valence-corrected chi connectivity index (χ3v) is 7.94. The Hall–Kier alpha value is -3.23. The second-order valence-corrected chi connectivity index (χ2v) is 12.1. The Morgan fingerprint density at radius 1 is 1.15 bits per heavy atom. The molecule has 1 heterocycles. The maximum Gasteiger partial charge on any atom is 0.573 e. The van der Waals surface area contributed by atoms with Gasteiger partial charge in [-0.15, -0.1) is 13.2 Å². The van der Waals surface area contributed by atoms with Crippen molar-refractivity contribution in [1.82, 2.24) is 14.5 Å². The summed E-state index contributed by atoms with van der Waals surface area (Å²) in [5, 5.41) is 3.35. The molecule has 2 atom stereocenters. The molecule has 6 nitrogen and oxygen atoms in total. The van der Waals surface area contributed by atoms with Gasteiger partial charge in [0, 0.05) is 31.2 Å². The summed E-state index contributed by atoms with van der Waals surface area (Å²) >= 11 is 0. The van der Waals surface area contributed by atoms with Gasteiger partial charge in [-0.05, 0) is 91.8 Å². The van der Waals surface area contributed by atoms with Crippen LogP contribution in [0.1, 0.15) is 70.9 Å². The van der Waals surface area contributed by atoms with Gasteiger partial charge in [0.15, 0.2) is 0 Å². The number of ether oxygens (including phenoxy) is 1. The third-order valence-electron chi connectivity index (χ3n) is 7.94. The van der Waals surface area contributed by atoms with Crippen molar-refractivity contribution in [3.63, 3.8) is 0 Å². The summed E-state index contributed by atoms with van der Waals surface area (Å²) in [6.07, 6.45) is 1.74. The molecule has 0 saturated heterocycles. The number of nitrogens with one attached hydrogen (secondary N) is 1. The molecule has 2 aliphatic rings. The molecule has 0 spiro atoms. The Labute approximate surface area is 227 Å². The predicted octanol–water partition coefficient (Wildman–Crippen LogP) is 7.62. The van der Waals surface area contributed by atoms with E-state index < -0.39 is 6.36 Å². The van der Waals surface area contributed by atoms with Gasteiger partial charge in [-0.25, -0.2) is 4.98 Å². The summed E-state index contributed by atoms with van der Waals surface area (Å²) < 4.78 is 44.1. The lowest BCUT2D eigenvalue weighted by Crippen LogP contribution is -2.29. The Balaban J connectivity index is 1.43. The number of alkyl halides is 3. The molecule has 210 valence electrons. The van der Waals surface area contributed by atoms with E-state index >= 15 is 0 Å². The van der Waals surface area contributed by atoms with Gasteiger partial charge in [0.2, 0.25) is 11.9 Å². The van der Waals surface area contributed by atoms with Crippen molar-refractivity contribution >= 4 is 28.6 Å². The van der Waals surface area contributed by atoms with E-state index in [2.05, 4.69) is 53.6 Å². The van der Waals surface area contributed by atoms with Gasteiger partial charge in [0.25, 0.3) is 0 Å². The Bertz CT molecular complexity index is 1330.